The average molecular weight is 324 g/mol. The van der Waals surface area contributed by atoms with Crippen LogP contribution in [0.2, 0.25) is 0 Å². The van der Waals surface area contributed by atoms with Crippen LogP contribution in [0.1, 0.15) is 64.8 Å². The standard InChI is InChI=1S/C20H20O4/c21-18(22)16-2-1-15(17(8-16)19(23)24)3-4-20-9-12-5-13(10-20)7-14(6-12)11-20/h1-2,8,12-14H,5-7,9-11H2,(H,21,22)(H,23,24). The lowest BCUT2D eigenvalue weighted by Crippen LogP contribution is -2.45. The van der Waals surface area contributed by atoms with Crippen molar-refractivity contribution in [2.75, 3.05) is 0 Å². The number of aromatic carboxylic acids is 2. The number of carboxylic acids is 2. The zero-order valence-corrected chi connectivity index (χ0v) is 13.4. The number of hydrogen-bond acceptors (Lipinski definition) is 2. The van der Waals surface area contributed by atoms with Gasteiger partial charge in [-0.15, -0.1) is 0 Å². The molecule has 0 atom stereocenters. The van der Waals surface area contributed by atoms with Crippen molar-refractivity contribution in [1.29, 1.82) is 0 Å². The monoisotopic (exact) mass is 324 g/mol. The van der Waals surface area contributed by atoms with Crippen molar-refractivity contribution >= 4 is 11.9 Å². The van der Waals surface area contributed by atoms with Crippen LogP contribution in [-0.4, -0.2) is 22.2 Å². The van der Waals surface area contributed by atoms with E-state index in [4.69, 9.17) is 5.11 Å². The summed E-state index contributed by atoms with van der Waals surface area (Å²) in [4.78, 5) is 22.5. The van der Waals surface area contributed by atoms with E-state index in [0.29, 0.717) is 5.56 Å². The van der Waals surface area contributed by atoms with Gasteiger partial charge in [0.15, 0.2) is 0 Å². The minimum atomic E-state index is -1.13. The summed E-state index contributed by atoms with van der Waals surface area (Å²) in [6.07, 6.45) is 7.45. The van der Waals surface area contributed by atoms with Gasteiger partial charge in [0.25, 0.3) is 0 Å². The Balaban J connectivity index is 1.68. The van der Waals surface area contributed by atoms with Crippen molar-refractivity contribution in [2.24, 2.45) is 23.2 Å². The molecule has 4 nitrogen and oxygen atoms in total. The molecule has 0 aromatic heterocycles. The van der Waals surface area contributed by atoms with E-state index in [1.165, 1.54) is 37.5 Å². The lowest BCUT2D eigenvalue weighted by molar-refractivity contribution is -0.0181. The number of carboxylic acid groups (broad SMARTS) is 2. The summed E-state index contributed by atoms with van der Waals surface area (Å²) < 4.78 is 0. The highest BCUT2D eigenvalue weighted by atomic mass is 16.4. The predicted molar refractivity (Wildman–Crippen MR) is 87.8 cm³/mol. The van der Waals surface area contributed by atoms with Crippen LogP contribution in [0.25, 0.3) is 0 Å². The summed E-state index contributed by atoms with van der Waals surface area (Å²) in [7, 11) is 0. The van der Waals surface area contributed by atoms with Gasteiger partial charge in [0.05, 0.1) is 11.1 Å². The van der Waals surface area contributed by atoms with Gasteiger partial charge < -0.3 is 10.2 Å². The van der Waals surface area contributed by atoms with E-state index < -0.39 is 11.9 Å². The van der Waals surface area contributed by atoms with Gasteiger partial charge in [-0.05, 0) is 74.5 Å². The Kier molecular flexibility index (Phi) is 3.42. The first-order valence-corrected chi connectivity index (χ1v) is 8.58. The summed E-state index contributed by atoms with van der Waals surface area (Å²) in [6.45, 7) is 0. The van der Waals surface area contributed by atoms with E-state index in [9.17, 15) is 14.7 Å². The molecule has 124 valence electrons. The SMILES string of the molecule is O=C(O)c1ccc(C#CC23CC4CC(CC(C4)C2)C3)c(C(=O)O)c1. The van der Waals surface area contributed by atoms with Crippen LogP contribution in [0.15, 0.2) is 18.2 Å². The molecule has 4 fully saturated rings. The van der Waals surface area contributed by atoms with Gasteiger partial charge in [-0.2, -0.15) is 0 Å². The topological polar surface area (TPSA) is 74.6 Å². The molecule has 5 rings (SSSR count). The molecule has 0 amide bonds. The molecular weight excluding hydrogens is 304 g/mol. The van der Waals surface area contributed by atoms with Gasteiger partial charge >= 0.3 is 11.9 Å². The van der Waals surface area contributed by atoms with Crippen LogP contribution >= 0.6 is 0 Å². The van der Waals surface area contributed by atoms with E-state index in [0.717, 1.165) is 37.0 Å². The molecule has 4 aliphatic carbocycles. The molecule has 4 aliphatic rings. The van der Waals surface area contributed by atoms with E-state index in [1.807, 2.05) is 0 Å². The van der Waals surface area contributed by atoms with Crippen LogP contribution in [0.4, 0.5) is 0 Å². The first-order valence-electron chi connectivity index (χ1n) is 8.58. The largest absolute Gasteiger partial charge is 0.478 e. The van der Waals surface area contributed by atoms with Crippen molar-refractivity contribution in [1.82, 2.24) is 0 Å². The molecule has 4 saturated carbocycles. The van der Waals surface area contributed by atoms with Gasteiger partial charge in [-0.25, -0.2) is 9.59 Å². The van der Waals surface area contributed by atoms with Gasteiger partial charge in [0.2, 0.25) is 0 Å². The Hall–Kier alpha value is -2.28. The second-order valence-electron chi connectivity index (χ2n) is 7.82. The maximum absolute atomic E-state index is 11.5. The van der Waals surface area contributed by atoms with Crippen molar-refractivity contribution in [3.05, 3.63) is 34.9 Å². The molecule has 1 aromatic rings. The second kappa shape index (κ2) is 5.37. The fourth-order valence-electron chi connectivity index (χ4n) is 5.43. The molecule has 4 heteroatoms. The van der Waals surface area contributed by atoms with E-state index in [1.54, 1.807) is 0 Å². The summed E-state index contributed by atoms with van der Waals surface area (Å²) >= 11 is 0. The maximum Gasteiger partial charge on any atom is 0.336 e. The van der Waals surface area contributed by atoms with Crippen LogP contribution < -0.4 is 0 Å². The summed E-state index contributed by atoms with van der Waals surface area (Å²) in [5, 5.41) is 18.4. The molecule has 24 heavy (non-hydrogen) atoms. The van der Waals surface area contributed by atoms with Crippen molar-refractivity contribution in [2.45, 2.75) is 38.5 Å². The van der Waals surface area contributed by atoms with Crippen molar-refractivity contribution in [3.8, 4) is 11.8 Å². The molecule has 0 spiro atoms. The molecule has 0 aliphatic heterocycles. The first kappa shape index (κ1) is 15.3. The third-order valence-electron chi connectivity index (χ3n) is 6.00. The number of benzene rings is 1. The molecule has 0 saturated heterocycles. The molecule has 0 radical (unpaired) electrons. The normalized spacial score (nSPS) is 32.9. The quantitative estimate of drug-likeness (QED) is 0.814. The Bertz CT molecular complexity index is 745. The molecule has 1 aromatic carbocycles. The lowest BCUT2D eigenvalue weighted by atomic mass is 9.50. The third-order valence-corrected chi connectivity index (χ3v) is 6.00. The summed E-state index contributed by atoms with van der Waals surface area (Å²) in [6, 6.07) is 4.16. The Morgan fingerprint density at radius 2 is 1.54 bits per heavy atom. The lowest BCUT2D eigenvalue weighted by Gasteiger charge is -2.54. The van der Waals surface area contributed by atoms with Gasteiger partial charge in [-0.1, -0.05) is 11.8 Å². The van der Waals surface area contributed by atoms with Gasteiger partial charge in [-0.3, -0.25) is 0 Å². The molecule has 0 heterocycles. The van der Waals surface area contributed by atoms with Crippen LogP contribution in [0.3, 0.4) is 0 Å². The zero-order chi connectivity index (χ0) is 16.9. The average Bonchev–Trinajstić information content (AvgIpc) is 2.51. The highest BCUT2D eigenvalue weighted by molar-refractivity contribution is 5.95. The second-order valence-corrected chi connectivity index (χ2v) is 7.82. The smallest absolute Gasteiger partial charge is 0.336 e. The number of rotatable bonds is 2. The Morgan fingerprint density at radius 1 is 0.958 bits per heavy atom. The van der Waals surface area contributed by atoms with E-state index >= 15 is 0 Å². The summed E-state index contributed by atoms with van der Waals surface area (Å²) in [5.74, 6) is 6.63. The minimum Gasteiger partial charge on any atom is -0.478 e. The number of carbonyl (C=O) groups is 2. The fraction of sp³-hybridized carbons (Fsp3) is 0.500. The molecular formula is C20H20O4. The van der Waals surface area contributed by atoms with E-state index in [-0.39, 0.29) is 16.5 Å². The van der Waals surface area contributed by atoms with Gasteiger partial charge in [0.1, 0.15) is 0 Å². The number of hydrogen-bond donors (Lipinski definition) is 2. The highest BCUT2D eigenvalue weighted by Gasteiger charge is 2.50. The Morgan fingerprint density at radius 3 is 2.04 bits per heavy atom. The fourth-order valence-corrected chi connectivity index (χ4v) is 5.43. The van der Waals surface area contributed by atoms with Gasteiger partial charge in [0, 0.05) is 11.0 Å². The minimum absolute atomic E-state index is 0.0206. The van der Waals surface area contributed by atoms with Crippen LogP contribution in [0.5, 0.6) is 0 Å². The molecule has 4 bridgehead atoms. The Labute approximate surface area is 140 Å². The van der Waals surface area contributed by atoms with Crippen LogP contribution in [0, 0.1) is 35.0 Å². The first-order chi connectivity index (χ1) is 11.4. The molecule has 0 unspecified atom stereocenters. The van der Waals surface area contributed by atoms with Crippen molar-refractivity contribution in [3.63, 3.8) is 0 Å². The zero-order valence-electron chi connectivity index (χ0n) is 13.4. The highest BCUT2D eigenvalue weighted by Crippen LogP contribution is 2.59. The van der Waals surface area contributed by atoms with Crippen LogP contribution in [-0.2, 0) is 0 Å². The summed E-state index contributed by atoms with van der Waals surface area (Å²) in [5.41, 5.74) is 0.429. The third kappa shape index (κ3) is 2.58. The van der Waals surface area contributed by atoms with E-state index in [2.05, 4.69) is 11.8 Å². The predicted octanol–water partition coefficient (Wildman–Crippen LogP) is 3.65. The van der Waals surface area contributed by atoms with Crippen molar-refractivity contribution < 1.29 is 19.8 Å². The molecule has 2 N–H and O–H groups in total. The maximum atomic E-state index is 11.5.